The van der Waals surface area contributed by atoms with Crippen LogP contribution in [0.25, 0.3) is 0 Å². The highest BCUT2D eigenvalue weighted by atomic mass is 35.5. The molecule has 0 saturated heterocycles. The molecule has 5 heteroatoms. The highest BCUT2D eigenvalue weighted by Gasteiger charge is 2.12. The summed E-state index contributed by atoms with van der Waals surface area (Å²) in [4.78, 5) is 20.5. The van der Waals surface area contributed by atoms with E-state index in [4.69, 9.17) is 11.6 Å². The molecule has 0 saturated carbocycles. The second-order valence-electron chi connectivity index (χ2n) is 2.59. The summed E-state index contributed by atoms with van der Waals surface area (Å²) in [5.41, 5.74) is 0.321. The molecule has 0 aliphatic rings. The Morgan fingerprint density at radius 3 is 2.80 bits per heavy atom. The summed E-state index contributed by atoms with van der Waals surface area (Å²) in [5.74, 6) is 5.18. The predicted molar refractivity (Wildman–Crippen MR) is 56.1 cm³/mol. The number of rotatable bonds is 2. The van der Waals surface area contributed by atoms with Gasteiger partial charge in [0, 0.05) is 11.6 Å². The van der Waals surface area contributed by atoms with Crippen molar-refractivity contribution >= 4 is 23.6 Å². The van der Waals surface area contributed by atoms with E-state index in [0.717, 1.165) is 0 Å². The van der Waals surface area contributed by atoms with Crippen molar-refractivity contribution in [1.29, 1.82) is 0 Å². The first-order valence-electron chi connectivity index (χ1n) is 3.97. The van der Waals surface area contributed by atoms with E-state index in [0.29, 0.717) is 6.29 Å². The van der Waals surface area contributed by atoms with E-state index >= 15 is 0 Å². The molecule has 0 unspecified atom stereocenters. The van der Waals surface area contributed by atoms with Crippen LogP contribution in [0.15, 0.2) is 18.2 Å². The lowest BCUT2D eigenvalue weighted by Gasteiger charge is -1.96. The molecule has 1 rings (SSSR count). The summed E-state index contributed by atoms with van der Waals surface area (Å²) in [6, 6.07) is 4.09. The summed E-state index contributed by atoms with van der Waals surface area (Å²) < 4.78 is 0. The zero-order valence-electron chi connectivity index (χ0n) is 7.57. The molecule has 1 aromatic rings. The summed E-state index contributed by atoms with van der Waals surface area (Å²) in [6.45, 7) is 0. The number of carbonyl (C=O) groups is 1. The van der Waals surface area contributed by atoms with Crippen LogP contribution in [0.3, 0.4) is 0 Å². The van der Waals surface area contributed by atoms with Gasteiger partial charge in [-0.25, -0.2) is 0 Å². The minimum absolute atomic E-state index is 0.104. The van der Waals surface area contributed by atoms with E-state index in [1.54, 1.807) is 0 Å². The lowest BCUT2D eigenvalue weighted by molar-refractivity contribution is -0.385. The zero-order valence-corrected chi connectivity index (χ0v) is 8.32. The van der Waals surface area contributed by atoms with Crippen LogP contribution in [-0.2, 0) is 0 Å². The molecule has 0 N–H and O–H groups in total. The monoisotopic (exact) mass is 223 g/mol. The zero-order chi connectivity index (χ0) is 11.3. The van der Waals surface area contributed by atoms with E-state index in [2.05, 4.69) is 11.8 Å². The second-order valence-corrected chi connectivity index (χ2v) is 2.85. The molecule has 0 aliphatic heterocycles. The predicted octanol–water partition coefficient (Wildman–Crippen LogP) is 2.00. The van der Waals surface area contributed by atoms with Crippen LogP contribution in [0, 0.1) is 22.0 Å². The quantitative estimate of drug-likeness (QED) is 0.253. The van der Waals surface area contributed by atoms with Crippen LogP contribution in [0.2, 0.25) is 0 Å². The number of nitrogens with zero attached hydrogens (tertiary/aromatic N) is 1. The van der Waals surface area contributed by atoms with Gasteiger partial charge in [0.05, 0.1) is 10.8 Å². The molecule has 0 bridgehead atoms. The van der Waals surface area contributed by atoms with Gasteiger partial charge in [0.1, 0.15) is 11.8 Å². The van der Waals surface area contributed by atoms with Crippen LogP contribution in [-0.4, -0.2) is 17.1 Å². The van der Waals surface area contributed by atoms with Gasteiger partial charge in [-0.15, -0.1) is 11.6 Å². The maximum atomic E-state index is 10.6. The number of aldehydes is 1. The number of halogens is 1. The van der Waals surface area contributed by atoms with Gasteiger partial charge in [0.15, 0.2) is 0 Å². The highest BCUT2D eigenvalue weighted by molar-refractivity contribution is 6.19. The van der Waals surface area contributed by atoms with Crippen molar-refractivity contribution in [2.24, 2.45) is 0 Å². The number of carbonyl (C=O) groups excluding carboxylic acids is 1. The Bertz CT molecular complexity index is 459. The minimum atomic E-state index is -0.578. The van der Waals surface area contributed by atoms with Crippen LogP contribution >= 0.6 is 11.6 Å². The van der Waals surface area contributed by atoms with Gasteiger partial charge in [-0.2, -0.15) is 0 Å². The molecule has 76 valence electrons. The standard InChI is InChI=1S/C10H6ClNO3/c11-5-1-2-9-4-3-8(7-13)6-10(9)12(14)15/h3-4,6-7H,5H2. The van der Waals surface area contributed by atoms with E-state index in [-0.39, 0.29) is 22.7 Å². The maximum Gasteiger partial charge on any atom is 0.285 e. The fourth-order valence-electron chi connectivity index (χ4n) is 1.01. The fraction of sp³-hybridized carbons (Fsp3) is 0.100. The molecule has 4 nitrogen and oxygen atoms in total. The SMILES string of the molecule is O=Cc1ccc(C#CCCl)c([N+](=O)[O-])c1. The Balaban J connectivity index is 3.27. The van der Waals surface area contributed by atoms with E-state index in [9.17, 15) is 14.9 Å². The van der Waals surface area contributed by atoms with Crippen molar-refractivity contribution in [1.82, 2.24) is 0 Å². The first kappa shape index (κ1) is 11.2. The Morgan fingerprint density at radius 2 is 2.27 bits per heavy atom. The van der Waals surface area contributed by atoms with Crippen molar-refractivity contribution in [3.8, 4) is 11.8 Å². The average Bonchev–Trinajstić information content (AvgIpc) is 2.26. The Hall–Kier alpha value is -1.86. The van der Waals surface area contributed by atoms with Gasteiger partial charge in [-0.1, -0.05) is 11.8 Å². The Kier molecular flexibility index (Phi) is 3.83. The number of benzene rings is 1. The summed E-state index contributed by atoms with van der Waals surface area (Å²) in [7, 11) is 0. The van der Waals surface area contributed by atoms with E-state index in [1.165, 1.54) is 18.2 Å². The molecule has 0 amide bonds. The summed E-state index contributed by atoms with van der Waals surface area (Å²) >= 11 is 5.34. The second kappa shape index (κ2) is 5.13. The van der Waals surface area contributed by atoms with Gasteiger partial charge >= 0.3 is 0 Å². The highest BCUT2D eigenvalue weighted by Crippen LogP contribution is 2.18. The molecule has 0 fully saturated rings. The average molecular weight is 224 g/mol. The molecule has 0 heterocycles. The van der Waals surface area contributed by atoms with Crippen molar-refractivity contribution in [3.05, 3.63) is 39.4 Å². The topological polar surface area (TPSA) is 60.2 Å². The molecule has 0 aliphatic carbocycles. The largest absolute Gasteiger partial charge is 0.298 e. The van der Waals surface area contributed by atoms with Crippen molar-refractivity contribution in [2.45, 2.75) is 0 Å². The van der Waals surface area contributed by atoms with Crippen LogP contribution in [0.1, 0.15) is 15.9 Å². The first-order chi connectivity index (χ1) is 7.19. The lowest BCUT2D eigenvalue weighted by Crippen LogP contribution is -1.94. The molecule has 0 aromatic heterocycles. The Labute approximate surface area is 91.0 Å². The van der Waals surface area contributed by atoms with Crippen LogP contribution in [0.4, 0.5) is 5.69 Å². The summed E-state index contributed by atoms with van der Waals surface area (Å²) in [5, 5.41) is 10.6. The van der Waals surface area contributed by atoms with Gasteiger partial charge in [0.2, 0.25) is 0 Å². The molecular formula is C10H6ClNO3. The third-order valence-electron chi connectivity index (χ3n) is 1.64. The van der Waals surface area contributed by atoms with Gasteiger partial charge in [0.25, 0.3) is 5.69 Å². The van der Waals surface area contributed by atoms with E-state index in [1.807, 2.05) is 0 Å². The molecule has 1 aromatic carbocycles. The molecule has 0 atom stereocenters. The smallest absolute Gasteiger partial charge is 0.285 e. The molecular weight excluding hydrogens is 218 g/mol. The molecule has 0 spiro atoms. The van der Waals surface area contributed by atoms with E-state index < -0.39 is 4.92 Å². The van der Waals surface area contributed by atoms with Crippen molar-refractivity contribution in [3.63, 3.8) is 0 Å². The van der Waals surface area contributed by atoms with Crippen LogP contribution in [0.5, 0.6) is 0 Å². The number of alkyl halides is 1. The maximum absolute atomic E-state index is 10.6. The van der Waals surface area contributed by atoms with Crippen LogP contribution < -0.4 is 0 Å². The number of nitro benzene ring substituents is 1. The summed E-state index contributed by atoms with van der Waals surface area (Å²) in [6.07, 6.45) is 0.547. The lowest BCUT2D eigenvalue weighted by atomic mass is 10.1. The third kappa shape index (κ3) is 2.79. The van der Waals surface area contributed by atoms with Crippen molar-refractivity contribution in [2.75, 3.05) is 5.88 Å². The fourth-order valence-corrected chi connectivity index (χ4v) is 1.07. The minimum Gasteiger partial charge on any atom is -0.298 e. The number of nitro groups is 1. The first-order valence-corrected chi connectivity index (χ1v) is 4.51. The third-order valence-corrected chi connectivity index (χ3v) is 1.78. The van der Waals surface area contributed by atoms with Gasteiger partial charge in [-0.3, -0.25) is 14.9 Å². The molecule has 15 heavy (non-hydrogen) atoms. The normalized spacial score (nSPS) is 8.87. The van der Waals surface area contributed by atoms with Gasteiger partial charge in [-0.05, 0) is 12.1 Å². The number of hydrogen-bond donors (Lipinski definition) is 0. The van der Waals surface area contributed by atoms with Gasteiger partial charge < -0.3 is 0 Å². The number of hydrogen-bond acceptors (Lipinski definition) is 3. The Morgan fingerprint density at radius 1 is 1.53 bits per heavy atom. The van der Waals surface area contributed by atoms with Crippen molar-refractivity contribution < 1.29 is 9.72 Å². The molecule has 0 radical (unpaired) electrons.